The molecule has 5 aromatic rings. The number of thiophene rings is 1. The lowest BCUT2D eigenvalue weighted by atomic mass is 10.0. The minimum Gasteiger partial charge on any atom is -0.487 e. The minimum atomic E-state index is 0.408. The van der Waals surface area contributed by atoms with Gasteiger partial charge in [0.05, 0.1) is 11.2 Å². The average molecular weight is 426 g/mol. The summed E-state index contributed by atoms with van der Waals surface area (Å²) in [5.74, 6) is 1.81. The van der Waals surface area contributed by atoms with E-state index >= 15 is 0 Å². The maximum atomic E-state index is 5.96. The van der Waals surface area contributed by atoms with Gasteiger partial charge in [-0.1, -0.05) is 42.5 Å². The van der Waals surface area contributed by atoms with Crippen LogP contribution >= 0.6 is 11.3 Å². The van der Waals surface area contributed by atoms with E-state index < -0.39 is 0 Å². The first-order chi connectivity index (χ1) is 15.2. The maximum Gasteiger partial charge on any atom is 0.248 e. The van der Waals surface area contributed by atoms with Gasteiger partial charge in [-0.3, -0.25) is 0 Å². The van der Waals surface area contributed by atoms with Crippen LogP contribution in [0.5, 0.6) is 5.75 Å². The Kier molecular flexibility index (Phi) is 5.29. The number of hydrogen-bond acceptors (Lipinski definition) is 6. The lowest BCUT2D eigenvalue weighted by Gasteiger charge is -2.08. The van der Waals surface area contributed by atoms with E-state index in [0.717, 1.165) is 38.4 Å². The number of ether oxygens (including phenoxy) is 1. The van der Waals surface area contributed by atoms with E-state index in [0.29, 0.717) is 18.4 Å². The van der Waals surface area contributed by atoms with E-state index in [1.54, 1.807) is 18.3 Å². The van der Waals surface area contributed by atoms with Crippen molar-refractivity contribution >= 4 is 33.9 Å². The van der Waals surface area contributed by atoms with Gasteiger partial charge in [0.15, 0.2) is 0 Å². The monoisotopic (exact) mass is 425 g/mol. The number of benzene rings is 2. The molecule has 6 heteroatoms. The van der Waals surface area contributed by atoms with E-state index in [2.05, 4.69) is 39.5 Å². The zero-order valence-electron chi connectivity index (χ0n) is 16.9. The molecule has 152 valence electrons. The molecule has 0 unspecified atom stereocenters. The Morgan fingerprint density at radius 3 is 2.61 bits per heavy atom. The van der Waals surface area contributed by atoms with Crippen LogP contribution < -0.4 is 4.74 Å². The van der Waals surface area contributed by atoms with Gasteiger partial charge in [0, 0.05) is 22.8 Å². The largest absolute Gasteiger partial charge is 0.487 e. The van der Waals surface area contributed by atoms with Crippen LogP contribution in [0.4, 0.5) is 0 Å². The lowest BCUT2D eigenvalue weighted by Crippen LogP contribution is -1.98. The molecular weight excluding hydrogens is 406 g/mol. The Balaban J connectivity index is 1.36. The Bertz CT molecular complexity index is 1340. The summed E-state index contributed by atoms with van der Waals surface area (Å²) in [5, 5.41) is 11.3. The van der Waals surface area contributed by atoms with Crippen LogP contribution in [0.3, 0.4) is 0 Å². The molecule has 5 nitrogen and oxygen atoms in total. The summed E-state index contributed by atoms with van der Waals surface area (Å²) in [6.45, 7) is 2.20. The molecule has 0 aliphatic heterocycles. The Morgan fingerprint density at radius 1 is 0.968 bits per heavy atom. The topological polar surface area (TPSA) is 61.0 Å². The number of fused-ring (bicyclic) bond motifs is 1. The molecular formula is C25H19N3O2S. The van der Waals surface area contributed by atoms with Crippen molar-refractivity contribution in [1.29, 1.82) is 0 Å². The van der Waals surface area contributed by atoms with Gasteiger partial charge in [-0.05, 0) is 47.4 Å². The van der Waals surface area contributed by atoms with Crippen LogP contribution in [-0.2, 0) is 6.61 Å². The van der Waals surface area contributed by atoms with Crippen LogP contribution in [0.1, 0.15) is 27.9 Å². The van der Waals surface area contributed by atoms with Crippen molar-refractivity contribution in [1.82, 2.24) is 15.2 Å². The van der Waals surface area contributed by atoms with Gasteiger partial charge in [-0.15, -0.1) is 21.5 Å². The third-order valence-electron chi connectivity index (χ3n) is 4.79. The van der Waals surface area contributed by atoms with Crippen LogP contribution in [-0.4, -0.2) is 15.2 Å². The van der Waals surface area contributed by atoms with Crippen LogP contribution in [0, 0.1) is 6.92 Å². The van der Waals surface area contributed by atoms with Gasteiger partial charge in [0.25, 0.3) is 0 Å². The highest BCUT2D eigenvalue weighted by molar-refractivity contribution is 7.10. The highest BCUT2D eigenvalue weighted by atomic mass is 32.1. The second-order valence-corrected chi connectivity index (χ2v) is 7.99. The molecule has 0 N–H and O–H groups in total. The fourth-order valence-corrected chi connectivity index (χ4v) is 3.92. The van der Waals surface area contributed by atoms with Crippen molar-refractivity contribution in [2.24, 2.45) is 0 Å². The molecule has 5 rings (SSSR count). The Labute approximate surface area is 183 Å². The third kappa shape index (κ3) is 4.39. The van der Waals surface area contributed by atoms with Crippen LogP contribution in [0.15, 0.2) is 82.6 Å². The molecule has 0 fully saturated rings. The van der Waals surface area contributed by atoms with Gasteiger partial charge in [-0.2, -0.15) is 0 Å². The molecule has 0 amide bonds. The van der Waals surface area contributed by atoms with Gasteiger partial charge in [0.1, 0.15) is 12.4 Å². The SMILES string of the molecule is Cc1nnc(/C(=C\c2cccs2)c2ccc(OCc3ccc4ccccc4n3)cc2)o1. The summed E-state index contributed by atoms with van der Waals surface area (Å²) in [5.41, 5.74) is 3.72. The summed E-state index contributed by atoms with van der Waals surface area (Å²) >= 11 is 1.66. The number of hydrogen-bond donors (Lipinski definition) is 0. The fourth-order valence-electron chi connectivity index (χ4n) is 3.27. The third-order valence-corrected chi connectivity index (χ3v) is 5.61. The van der Waals surface area contributed by atoms with E-state index in [-0.39, 0.29) is 0 Å². The van der Waals surface area contributed by atoms with Crippen molar-refractivity contribution < 1.29 is 9.15 Å². The van der Waals surface area contributed by atoms with E-state index in [4.69, 9.17) is 9.15 Å². The first-order valence-electron chi connectivity index (χ1n) is 9.88. The number of aryl methyl sites for hydroxylation is 1. The standard InChI is InChI=1S/C25H19N3O2S/c1-17-27-28-25(30-17)23(15-22-6-4-14-31-22)18-9-12-21(13-10-18)29-16-20-11-8-19-5-2-3-7-24(19)26-20/h2-15H,16H2,1H3/b23-15-. The van der Waals surface area contributed by atoms with Gasteiger partial charge in [-0.25, -0.2) is 4.98 Å². The number of pyridine rings is 1. The molecule has 3 heterocycles. The molecule has 0 spiro atoms. The van der Waals surface area contributed by atoms with Crippen molar-refractivity contribution in [2.75, 3.05) is 0 Å². The average Bonchev–Trinajstić information content (AvgIpc) is 3.48. The molecule has 0 aliphatic carbocycles. The molecule has 0 radical (unpaired) electrons. The summed E-state index contributed by atoms with van der Waals surface area (Å²) < 4.78 is 11.7. The molecule has 0 saturated carbocycles. The van der Waals surface area contributed by atoms with E-state index in [1.807, 2.05) is 60.0 Å². The molecule has 0 saturated heterocycles. The molecule has 0 bridgehead atoms. The van der Waals surface area contributed by atoms with Crippen molar-refractivity contribution in [3.63, 3.8) is 0 Å². The van der Waals surface area contributed by atoms with Crippen molar-refractivity contribution in [2.45, 2.75) is 13.5 Å². The Hall–Kier alpha value is -3.77. The smallest absolute Gasteiger partial charge is 0.248 e. The summed E-state index contributed by atoms with van der Waals surface area (Å²) in [6, 6.07) is 24.1. The second kappa shape index (κ2) is 8.53. The van der Waals surface area contributed by atoms with Crippen LogP contribution in [0.2, 0.25) is 0 Å². The number of nitrogens with zero attached hydrogens (tertiary/aromatic N) is 3. The van der Waals surface area contributed by atoms with Gasteiger partial charge in [0.2, 0.25) is 11.8 Å². The summed E-state index contributed by atoms with van der Waals surface area (Å²) in [4.78, 5) is 5.78. The van der Waals surface area contributed by atoms with Crippen molar-refractivity contribution in [3.8, 4) is 5.75 Å². The summed E-state index contributed by atoms with van der Waals surface area (Å²) in [7, 11) is 0. The highest BCUT2D eigenvalue weighted by Crippen LogP contribution is 2.28. The summed E-state index contributed by atoms with van der Waals surface area (Å²) in [6.07, 6.45) is 2.06. The van der Waals surface area contributed by atoms with E-state index in [9.17, 15) is 0 Å². The highest BCUT2D eigenvalue weighted by Gasteiger charge is 2.13. The molecule has 31 heavy (non-hydrogen) atoms. The number of aromatic nitrogens is 3. The second-order valence-electron chi connectivity index (χ2n) is 7.01. The quantitative estimate of drug-likeness (QED) is 0.326. The zero-order valence-corrected chi connectivity index (χ0v) is 17.7. The molecule has 3 aromatic heterocycles. The lowest BCUT2D eigenvalue weighted by molar-refractivity contribution is 0.302. The normalized spacial score (nSPS) is 11.7. The molecule has 2 aromatic carbocycles. The fraction of sp³-hybridized carbons (Fsp3) is 0.0800. The van der Waals surface area contributed by atoms with Crippen LogP contribution in [0.25, 0.3) is 22.6 Å². The number of rotatable bonds is 6. The zero-order chi connectivity index (χ0) is 21.0. The Morgan fingerprint density at radius 2 is 1.84 bits per heavy atom. The number of para-hydroxylation sites is 1. The first-order valence-corrected chi connectivity index (χ1v) is 10.8. The van der Waals surface area contributed by atoms with Gasteiger partial charge < -0.3 is 9.15 Å². The molecule has 0 atom stereocenters. The maximum absolute atomic E-state index is 5.96. The van der Waals surface area contributed by atoms with E-state index in [1.165, 1.54) is 0 Å². The predicted octanol–water partition coefficient (Wildman–Crippen LogP) is 6.16. The minimum absolute atomic E-state index is 0.408. The predicted molar refractivity (Wildman–Crippen MR) is 123 cm³/mol. The van der Waals surface area contributed by atoms with Gasteiger partial charge >= 0.3 is 0 Å². The first kappa shape index (κ1) is 19.2. The molecule has 0 aliphatic rings. The van der Waals surface area contributed by atoms with Crippen molar-refractivity contribution in [3.05, 3.63) is 106 Å².